The van der Waals surface area contributed by atoms with Crippen LogP contribution in [0.15, 0.2) is 81.9 Å². The Morgan fingerprint density at radius 2 is 1.76 bits per heavy atom. The number of hydrogen-bond donors (Lipinski definition) is 0. The zero-order valence-electron chi connectivity index (χ0n) is 13.1. The molecule has 126 valence electrons. The first-order chi connectivity index (χ1) is 11.7. The highest BCUT2D eigenvalue weighted by Gasteiger charge is 2.09. The van der Waals surface area contributed by atoms with Crippen LogP contribution in [0.25, 0.3) is 22.3 Å². The van der Waals surface area contributed by atoms with Gasteiger partial charge in [0.25, 0.3) is 0 Å². The van der Waals surface area contributed by atoms with Crippen molar-refractivity contribution >= 4 is 26.9 Å². The van der Waals surface area contributed by atoms with Gasteiger partial charge in [-0.2, -0.15) is 0 Å². The molecule has 0 radical (unpaired) electrons. The molecule has 0 aliphatic heterocycles. The maximum atomic E-state index is 13.3. The minimum absolute atomic E-state index is 0. The molecule has 0 bridgehead atoms. The van der Waals surface area contributed by atoms with Crippen LogP contribution < -0.4 is 21.5 Å². The van der Waals surface area contributed by atoms with Crippen LogP contribution in [0.5, 0.6) is 0 Å². The van der Waals surface area contributed by atoms with Crippen LogP contribution in [-0.4, -0.2) is 0 Å². The van der Waals surface area contributed by atoms with Crippen molar-refractivity contribution in [3.63, 3.8) is 0 Å². The summed E-state index contributed by atoms with van der Waals surface area (Å²) in [5.41, 5.74) is 2.81. The Kier molecular flexibility index (Phi) is 5.35. The molecular weight excluding hydrogens is 449 g/mol. The summed E-state index contributed by atoms with van der Waals surface area (Å²) in [4.78, 5) is 0. The molecule has 4 aromatic rings. The van der Waals surface area contributed by atoms with Gasteiger partial charge in [-0.05, 0) is 36.4 Å². The minimum atomic E-state index is -0.210. The fourth-order valence-electron chi connectivity index (χ4n) is 2.73. The number of fused-ring (bicyclic) bond motifs is 1. The summed E-state index contributed by atoms with van der Waals surface area (Å²) in [5.74, 6) is 0.624. The van der Waals surface area contributed by atoms with Crippen molar-refractivity contribution in [2.45, 2.75) is 6.54 Å². The first kappa shape index (κ1) is 17.8. The highest BCUT2D eigenvalue weighted by molar-refractivity contribution is 9.10. The van der Waals surface area contributed by atoms with Crippen molar-refractivity contribution in [1.29, 1.82) is 0 Å². The lowest BCUT2D eigenvalue weighted by molar-refractivity contribution is -0.688. The van der Waals surface area contributed by atoms with Gasteiger partial charge in [-0.3, -0.25) is 0 Å². The summed E-state index contributed by atoms with van der Waals surface area (Å²) in [7, 11) is 0. The Morgan fingerprint density at radius 1 is 0.960 bits per heavy atom. The molecule has 0 unspecified atom stereocenters. The SMILES string of the molecule is Fc1cccc(C[n+]2ccc(-c3cc4cc(Br)ccc4o3)cc2)c1.[Br-]. The molecule has 5 heteroatoms. The molecule has 0 saturated carbocycles. The van der Waals surface area contributed by atoms with E-state index in [1.807, 2.05) is 59.4 Å². The number of pyridine rings is 1. The second kappa shape index (κ2) is 7.50. The molecule has 25 heavy (non-hydrogen) atoms. The zero-order chi connectivity index (χ0) is 16.5. The fourth-order valence-corrected chi connectivity index (χ4v) is 3.11. The Morgan fingerprint density at radius 3 is 2.52 bits per heavy atom. The van der Waals surface area contributed by atoms with Gasteiger partial charge in [-0.25, -0.2) is 8.96 Å². The number of nitrogens with zero attached hydrogens (tertiary/aromatic N) is 1. The van der Waals surface area contributed by atoms with Gasteiger partial charge in [0.2, 0.25) is 0 Å². The predicted molar refractivity (Wildman–Crippen MR) is 95.0 cm³/mol. The van der Waals surface area contributed by atoms with Gasteiger partial charge in [0.15, 0.2) is 18.9 Å². The predicted octanol–water partition coefficient (Wildman–Crippen LogP) is 2.34. The number of benzene rings is 2. The Hall–Kier alpha value is -1.98. The third-order valence-electron chi connectivity index (χ3n) is 3.91. The lowest BCUT2D eigenvalue weighted by Crippen LogP contribution is -3.00. The van der Waals surface area contributed by atoms with Crippen molar-refractivity contribution in [2.75, 3.05) is 0 Å². The number of halogens is 3. The van der Waals surface area contributed by atoms with Gasteiger partial charge < -0.3 is 21.4 Å². The molecule has 2 nitrogen and oxygen atoms in total. The zero-order valence-corrected chi connectivity index (χ0v) is 16.3. The van der Waals surface area contributed by atoms with Crippen molar-refractivity contribution in [2.24, 2.45) is 0 Å². The number of furan rings is 1. The first-order valence-corrected chi connectivity index (χ1v) is 8.40. The van der Waals surface area contributed by atoms with Gasteiger partial charge in [0, 0.05) is 33.1 Å². The molecule has 0 fully saturated rings. The van der Waals surface area contributed by atoms with E-state index in [-0.39, 0.29) is 22.8 Å². The van der Waals surface area contributed by atoms with Crippen molar-refractivity contribution in [3.05, 3.63) is 88.9 Å². The van der Waals surface area contributed by atoms with Crippen LogP contribution in [-0.2, 0) is 6.54 Å². The van der Waals surface area contributed by atoms with E-state index in [4.69, 9.17) is 4.42 Å². The second-order valence-electron chi connectivity index (χ2n) is 5.68. The molecule has 2 aromatic carbocycles. The van der Waals surface area contributed by atoms with E-state index < -0.39 is 0 Å². The molecule has 0 atom stereocenters. The molecule has 0 saturated heterocycles. The van der Waals surface area contributed by atoms with E-state index in [1.54, 1.807) is 12.1 Å². The third-order valence-corrected chi connectivity index (χ3v) is 4.40. The van der Waals surface area contributed by atoms with Crippen molar-refractivity contribution < 1.29 is 30.4 Å². The van der Waals surface area contributed by atoms with E-state index in [1.165, 1.54) is 6.07 Å². The molecular formula is C20H14Br2FNO. The quantitative estimate of drug-likeness (QED) is 0.427. The van der Waals surface area contributed by atoms with Crippen LogP contribution in [0.1, 0.15) is 5.56 Å². The lowest BCUT2D eigenvalue weighted by atomic mass is 10.2. The molecule has 4 rings (SSSR count). The molecule has 0 aliphatic rings. The summed E-state index contributed by atoms with van der Waals surface area (Å²) in [6.07, 6.45) is 3.95. The topological polar surface area (TPSA) is 17.0 Å². The van der Waals surface area contributed by atoms with Gasteiger partial charge in [0.05, 0.1) is 0 Å². The Balaban J connectivity index is 0.00000182. The highest BCUT2D eigenvalue weighted by Crippen LogP contribution is 2.29. The average molecular weight is 463 g/mol. The number of rotatable bonds is 3. The molecule has 0 spiro atoms. The minimum Gasteiger partial charge on any atom is -1.00 e. The Bertz CT molecular complexity index is 1010. The van der Waals surface area contributed by atoms with Crippen LogP contribution in [0.2, 0.25) is 0 Å². The van der Waals surface area contributed by atoms with Crippen LogP contribution in [0.4, 0.5) is 4.39 Å². The summed E-state index contributed by atoms with van der Waals surface area (Å²) in [5, 5.41) is 1.07. The lowest BCUT2D eigenvalue weighted by Gasteiger charge is -1.99. The normalized spacial score (nSPS) is 10.6. The van der Waals surface area contributed by atoms with Crippen LogP contribution in [0.3, 0.4) is 0 Å². The van der Waals surface area contributed by atoms with Crippen LogP contribution >= 0.6 is 15.9 Å². The van der Waals surface area contributed by atoms with E-state index in [2.05, 4.69) is 15.9 Å². The van der Waals surface area contributed by atoms with Gasteiger partial charge in [-0.15, -0.1) is 0 Å². The monoisotopic (exact) mass is 461 g/mol. The standard InChI is InChI=1S/C20H14BrFNO.BrH/c21-17-4-5-19-16(11-17)12-20(24-19)15-6-8-23(9-7-15)13-14-2-1-3-18(22)10-14;/h1-12H,13H2;1H/q+1;/p-1. The fraction of sp³-hybridized carbons (Fsp3) is 0.0500. The van der Waals surface area contributed by atoms with Crippen molar-refractivity contribution in [3.8, 4) is 11.3 Å². The Labute approximate surface area is 163 Å². The number of hydrogen-bond acceptors (Lipinski definition) is 1. The summed E-state index contributed by atoms with van der Waals surface area (Å²) in [6, 6.07) is 18.7. The molecule has 2 heterocycles. The maximum absolute atomic E-state index is 13.3. The van der Waals surface area contributed by atoms with Gasteiger partial charge in [-0.1, -0.05) is 28.1 Å². The second-order valence-corrected chi connectivity index (χ2v) is 6.60. The van der Waals surface area contributed by atoms with E-state index >= 15 is 0 Å². The maximum Gasteiger partial charge on any atom is 0.173 e. The van der Waals surface area contributed by atoms with E-state index in [0.29, 0.717) is 6.54 Å². The van der Waals surface area contributed by atoms with E-state index in [0.717, 1.165) is 32.3 Å². The summed E-state index contributed by atoms with van der Waals surface area (Å²) < 4.78 is 22.2. The first-order valence-electron chi connectivity index (χ1n) is 7.60. The highest BCUT2D eigenvalue weighted by atomic mass is 79.9. The third kappa shape index (κ3) is 3.99. The van der Waals surface area contributed by atoms with Crippen molar-refractivity contribution in [1.82, 2.24) is 0 Å². The van der Waals surface area contributed by atoms with Gasteiger partial charge >= 0.3 is 0 Å². The molecule has 0 N–H and O–H groups in total. The molecule has 2 aromatic heterocycles. The summed E-state index contributed by atoms with van der Waals surface area (Å²) >= 11 is 3.47. The van der Waals surface area contributed by atoms with Crippen LogP contribution in [0, 0.1) is 5.82 Å². The molecule has 0 amide bonds. The van der Waals surface area contributed by atoms with Gasteiger partial charge in [0.1, 0.15) is 17.2 Å². The average Bonchev–Trinajstić information content (AvgIpc) is 2.98. The molecule has 0 aliphatic carbocycles. The smallest absolute Gasteiger partial charge is 0.173 e. The summed E-state index contributed by atoms with van der Waals surface area (Å²) in [6.45, 7) is 0.630. The van der Waals surface area contributed by atoms with E-state index in [9.17, 15) is 4.39 Å². The number of aromatic nitrogens is 1. The largest absolute Gasteiger partial charge is 1.00 e.